The second kappa shape index (κ2) is 7.33. The fourth-order valence-corrected chi connectivity index (χ4v) is 1.94. The first kappa shape index (κ1) is 14.9. The molecule has 4 heteroatoms. The van der Waals surface area contributed by atoms with Crippen LogP contribution in [0, 0.1) is 0 Å². The normalized spacial score (nSPS) is 10.1. The van der Waals surface area contributed by atoms with Gasteiger partial charge in [-0.15, -0.1) is 0 Å². The number of rotatable bonds is 7. The lowest BCUT2D eigenvalue weighted by atomic mass is 10.1. The average molecular weight is 286 g/mol. The molecule has 4 nitrogen and oxygen atoms in total. The van der Waals surface area contributed by atoms with E-state index in [4.69, 9.17) is 14.6 Å². The van der Waals surface area contributed by atoms with Crippen molar-refractivity contribution in [2.45, 2.75) is 20.0 Å². The minimum atomic E-state index is -0.848. The fourth-order valence-electron chi connectivity index (χ4n) is 1.94. The summed E-state index contributed by atoms with van der Waals surface area (Å²) in [5.74, 6) is 0.658. The number of carboxylic acids is 1. The summed E-state index contributed by atoms with van der Waals surface area (Å²) in [4.78, 5) is 10.7. The van der Waals surface area contributed by atoms with Gasteiger partial charge in [0.15, 0.2) is 0 Å². The lowest BCUT2D eigenvalue weighted by Crippen LogP contribution is -2.01. The first-order valence-corrected chi connectivity index (χ1v) is 6.82. The van der Waals surface area contributed by atoms with E-state index in [1.807, 2.05) is 37.3 Å². The third-order valence-electron chi connectivity index (χ3n) is 2.89. The van der Waals surface area contributed by atoms with Crippen LogP contribution in [0.3, 0.4) is 0 Å². The number of benzene rings is 2. The lowest BCUT2D eigenvalue weighted by Gasteiger charge is -2.08. The molecule has 0 aliphatic rings. The highest BCUT2D eigenvalue weighted by atomic mass is 16.5. The van der Waals surface area contributed by atoms with E-state index in [0.29, 0.717) is 19.0 Å². The summed E-state index contributed by atoms with van der Waals surface area (Å²) in [5.41, 5.74) is 1.76. The minimum absolute atomic E-state index is 0.000252. The Morgan fingerprint density at radius 1 is 1.00 bits per heavy atom. The predicted octanol–water partition coefficient (Wildman–Crippen LogP) is 3.29. The van der Waals surface area contributed by atoms with Crippen LogP contribution in [-0.2, 0) is 17.8 Å². The van der Waals surface area contributed by atoms with E-state index in [9.17, 15) is 4.79 Å². The quantitative estimate of drug-likeness (QED) is 0.848. The average Bonchev–Trinajstić information content (AvgIpc) is 2.47. The van der Waals surface area contributed by atoms with Gasteiger partial charge in [-0.3, -0.25) is 4.79 Å². The number of ether oxygens (including phenoxy) is 2. The maximum Gasteiger partial charge on any atom is 0.307 e. The molecule has 0 spiro atoms. The summed E-state index contributed by atoms with van der Waals surface area (Å²) in [6.45, 7) is 3.02. The topological polar surface area (TPSA) is 55.8 Å². The summed E-state index contributed by atoms with van der Waals surface area (Å²) >= 11 is 0. The van der Waals surface area contributed by atoms with Crippen LogP contribution < -0.4 is 9.47 Å². The van der Waals surface area contributed by atoms with Gasteiger partial charge in [0.25, 0.3) is 0 Å². The Morgan fingerprint density at radius 3 is 2.43 bits per heavy atom. The molecule has 1 N–H and O–H groups in total. The van der Waals surface area contributed by atoms with E-state index in [2.05, 4.69) is 0 Å². The Labute approximate surface area is 123 Å². The van der Waals surface area contributed by atoms with Crippen LogP contribution in [0.4, 0.5) is 0 Å². The molecule has 2 aromatic rings. The van der Waals surface area contributed by atoms with Gasteiger partial charge in [0.1, 0.15) is 18.1 Å². The minimum Gasteiger partial charge on any atom is -0.494 e. The molecule has 0 saturated carbocycles. The summed E-state index contributed by atoms with van der Waals surface area (Å²) in [5, 5.41) is 8.78. The molecule has 0 saturated heterocycles. The van der Waals surface area contributed by atoms with Gasteiger partial charge < -0.3 is 14.6 Å². The molecule has 0 heterocycles. The van der Waals surface area contributed by atoms with Crippen molar-refractivity contribution in [2.24, 2.45) is 0 Å². The van der Waals surface area contributed by atoms with Crippen LogP contribution in [0.2, 0.25) is 0 Å². The second-order valence-corrected chi connectivity index (χ2v) is 4.58. The Balaban J connectivity index is 1.94. The van der Waals surface area contributed by atoms with Gasteiger partial charge in [-0.05, 0) is 42.3 Å². The van der Waals surface area contributed by atoms with E-state index in [-0.39, 0.29) is 6.42 Å². The van der Waals surface area contributed by atoms with Crippen molar-refractivity contribution in [1.82, 2.24) is 0 Å². The summed E-state index contributed by atoms with van der Waals surface area (Å²) in [6, 6.07) is 14.9. The van der Waals surface area contributed by atoms with Crippen molar-refractivity contribution in [3.05, 3.63) is 59.7 Å². The van der Waals surface area contributed by atoms with E-state index in [1.54, 1.807) is 18.2 Å². The molecule has 0 fully saturated rings. The largest absolute Gasteiger partial charge is 0.494 e. The Kier molecular flexibility index (Phi) is 5.21. The molecule has 0 bridgehead atoms. The molecule has 0 atom stereocenters. The SMILES string of the molecule is CCOc1ccc(COc2cccc(CC(=O)O)c2)cc1. The van der Waals surface area contributed by atoms with Crippen LogP contribution in [0.5, 0.6) is 11.5 Å². The molecule has 110 valence electrons. The second-order valence-electron chi connectivity index (χ2n) is 4.58. The number of hydrogen-bond donors (Lipinski definition) is 1. The van der Waals surface area contributed by atoms with Gasteiger partial charge >= 0.3 is 5.97 Å². The molecule has 0 aliphatic heterocycles. The zero-order valence-electron chi connectivity index (χ0n) is 11.9. The predicted molar refractivity (Wildman–Crippen MR) is 79.7 cm³/mol. The van der Waals surface area contributed by atoms with Gasteiger partial charge in [-0.2, -0.15) is 0 Å². The molecule has 0 aromatic heterocycles. The van der Waals surface area contributed by atoms with E-state index >= 15 is 0 Å². The van der Waals surface area contributed by atoms with Gasteiger partial charge in [0.05, 0.1) is 13.0 Å². The standard InChI is InChI=1S/C17H18O4/c1-2-20-15-8-6-13(7-9-15)12-21-16-5-3-4-14(10-16)11-17(18)19/h3-10H,2,11-12H2,1H3,(H,18,19). The van der Waals surface area contributed by atoms with Gasteiger partial charge in [-0.1, -0.05) is 24.3 Å². The van der Waals surface area contributed by atoms with Crippen molar-refractivity contribution < 1.29 is 19.4 Å². The first-order valence-electron chi connectivity index (χ1n) is 6.82. The first-order chi connectivity index (χ1) is 10.2. The van der Waals surface area contributed by atoms with Crippen LogP contribution in [0.25, 0.3) is 0 Å². The Bertz CT molecular complexity index is 590. The molecule has 0 unspecified atom stereocenters. The van der Waals surface area contributed by atoms with Crippen LogP contribution in [-0.4, -0.2) is 17.7 Å². The molecule has 2 rings (SSSR count). The lowest BCUT2D eigenvalue weighted by molar-refractivity contribution is -0.136. The maximum absolute atomic E-state index is 10.7. The van der Waals surface area contributed by atoms with Crippen LogP contribution >= 0.6 is 0 Å². The van der Waals surface area contributed by atoms with Gasteiger partial charge in [0, 0.05) is 0 Å². The van der Waals surface area contributed by atoms with Crippen molar-refractivity contribution >= 4 is 5.97 Å². The summed E-state index contributed by atoms with van der Waals surface area (Å²) in [7, 11) is 0. The van der Waals surface area contributed by atoms with Crippen LogP contribution in [0.15, 0.2) is 48.5 Å². The molecule has 0 amide bonds. The third kappa shape index (κ3) is 4.84. The monoisotopic (exact) mass is 286 g/mol. The number of carbonyl (C=O) groups is 1. The highest BCUT2D eigenvalue weighted by Gasteiger charge is 2.02. The number of carboxylic acid groups (broad SMARTS) is 1. The van der Waals surface area contributed by atoms with E-state index in [1.165, 1.54) is 0 Å². The van der Waals surface area contributed by atoms with Crippen molar-refractivity contribution in [3.63, 3.8) is 0 Å². The molecular weight excluding hydrogens is 268 g/mol. The van der Waals surface area contributed by atoms with E-state index in [0.717, 1.165) is 16.9 Å². The maximum atomic E-state index is 10.7. The molecular formula is C17H18O4. The van der Waals surface area contributed by atoms with Gasteiger partial charge in [0.2, 0.25) is 0 Å². The summed E-state index contributed by atoms with van der Waals surface area (Å²) < 4.78 is 11.1. The van der Waals surface area contributed by atoms with E-state index < -0.39 is 5.97 Å². The zero-order valence-corrected chi connectivity index (χ0v) is 11.9. The van der Waals surface area contributed by atoms with Crippen molar-refractivity contribution in [3.8, 4) is 11.5 Å². The van der Waals surface area contributed by atoms with Crippen molar-refractivity contribution in [1.29, 1.82) is 0 Å². The molecule has 21 heavy (non-hydrogen) atoms. The van der Waals surface area contributed by atoms with Crippen LogP contribution in [0.1, 0.15) is 18.1 Å². The molecule has 0 aliphatic carbocycles. The molecule has 0 radical (unpaired) electrons. The summed E-state index contributed by atoms with van der Waals surface area (Å²) in [6.07, 6.45) is 0.000252. The number of aliphatic carboxylic acids is 1. The Morgan fingerprint density at radius 2 is 1.76 bits per heavy atom. The smallest absolute Gasteiger partial charge is 0.307 e. The highest BCUT2D eigenvalue weighted by molar-refractivity contribution is 5.70. The van der Waals surface area contributed by atoms with Crippen molar-refractivity contribution in [2.75, 3.05) is 6.61 Å². The fraction of sp³-hybridized carbons (Fsp3) is 0.235. The highest BCUT2D eigenvalue weighted by Crippen LogP contribution is 2.17. The third-order valence-corrected chi connectivity index (χ3v) is 2.89. The van der Waals surface area contributed by atoms with Gasteiger partial charge in [-0.25, -0.2) is 0 Å². The zero-order chi connectivity index (χ0) is 15.1. The molecule has 2 aromatic carbocycles. The number of hydrogen-bond acceptors (Lipinski definition) is 3. The Hall–Kier alpha value is -2.49.